The topological polar surface area (TPSA) is 28.2 Å². The van der Waals surface area contributed by atoms with Gasteiger partial charge in [0.2, 0.25) is 0 Å². The molecule has 0 aliphatic carbocycles. The second kappa shape index (κ2) is 6.86. The highest BCUT2D eigenvalue weighted by molar-refractivity contribution is 5.09. The molecule has 0 amide bonds. The van der Waals surface area contributed by atoms with Crippen molar-refractivity contribution in [3.05, 3.63) is 29.6 Å². The van der Waals surface area contributed by atoms with Gasteiger partial charge in [-0.25, -0.2) is 0 Å². The lowest BCUT2D eigenvalue weighted by atomic mass is 10.1. The lowest BCUT2D eigenvalue weighted by molar-refractivity contribution is 0.297. The van der Waals surface area contributed by atoms with Crippen LogP contribution in [0.4, 0.5) is 0 Å². The van der Waals surface area contributed by atoms with E-state index in [1.165, 1.54) is 38.9 Å². The van der Waals surface area contributed by atoms with E-state index in [-0.39, 0.29) is 0 Å². The largest absolute Gasteiger partial charge is 0.308 e. The van der Waals surface area contributed by atoms with Gasteiger partial charge >= 0.3 is 0 Å². The van der Waals surface area contributed by atoms with Crippen LogP contribution < -0.4 is 5.32 Å². The second-order valence-electron chi connectivity index (χ2n) is 5.21. The molecule has 1 aliphatic heterocycles. The molecule has 18 heavy (non-hydrogen) atoms. The molecule has 1 atom stereocenters. The van der Waals surface area contributed by atoms with E-state index >= 15 is 0 Å². The smallest absolute Gasteiger partial charge is 0.0544 e. The lowest BCUT2D eigenvalue weighted by Crippen LogP contribution is -2.30. The fourth-order valence-electron chi connectivity index (χ4n) is 2.62. The minimum Gasteiger partial charge on any atom is -0.308 e. The van der Waals surface area contributed by atoms with Crippen LogP contribution in [-0.4, -0.2) is 35.6 Å². The van der Waals surface area contributed by atoms with Crippen LogP contribution in [0.5, 0.6) is 0 Å². The molecule has 1 saturated heterocycles. The van der Waals surface area contributed by atoms with E-state index in [2.05, 4.69) is 34.3 Å². The zero-order chi connectivity index (χ0) is 12.8. The number of hydrogen-bond acceptors (Lipinski definition) is 3. The summed E-state index contributed by atoms with van der Waals surface area (Å²) in [6, 6.07) is 6.90. The monoisotopic (exact) mass is 247 g/mol. The van der Waals surface area contributed by atoms with Crippen molar-refractivity contribution in [2.45, 2.75) is 45.7 Å². The van der Waals surface area contributed by atoms with Crippen LogP contribution in [0, 0.1) is 6.92 Å². The van der Waals surface area contributed by atoms with Crippen LogP contribution in [0.3, 0.4) is 0 Å². The van der Waals surface area contributed by atoms with Crippen LogP contribution in [0.15, 0.2) is 18.2 Å². The van der Waals surface area contributed by atoms with E-state index < -0.39 is 0 Å². The van der Waals surface area contributed by atoms with Gasteiger partial charge in [0.25, 0.3) is 0 Å². The Kier molecular flexibility index (Phi) is 5.14. The van der Waals surface area contributed by atoms with Crippen molar-refractivity contribution >= 4 is 0 Å². The maximum Gasteiger partial charge on any atom is 0.0544 e. The number of rotatable bonds is 4. The summed E-state index contributed by atoms with van der Waals surface area (Å²) in [5, 5.41) is 3.66. The molecule has 0 bridgehead atoms. The fourth-order valence-corrected chi connectivity index (χ4v) is 2.62. The summed E-state index contributed by atoms with van der Waals surface area (Å²) in [4.78, 5) is 7.09. The van der Waals surface area contributed by atoms with Crippen molar-refractivity contribution in [3.63, 3.8) is 0 Å². The van der Waals surface area contributed by atoms with Gasteiger partial charge in [-0.3, -0.25) is 4.98 Å². The van der Waals surface area contributed by atoms with Crippen molar-refractivity contribution in [3.8, 4) is 0 Å². The molecule has 1 fully saturated rings. The third kappa shape index (κ3) is 4.07. The first-order valence-electron chi connectivity index (χ1n) is 7.16. The van der Waals surface area contributed by atoms with Crippen molar-refractivity contribution < 1.29 is 0 Å². The molecule has 3 heteroatoms. The third-order valence-corrected chi connectivity index (χ3v) is 3.79. The zero-order valence-electron chi connectivity index (χ0n) is 11.7. The Bertz CT molecular complexity index is 365. The van der Waals surface area contributed by atoms with Gasteiger partial charge < -0.3 is 10.2 Å². The summed E-state index contributed by atoms with van der Waals surface area (Å²) in [7, 11) is 0. The van der Waals surface area contributed by atoms with Gasteiger partial charge in [0.1, 0.15) is 0 Å². The molecule has 0 aromatic carbocycles. The number of aryl methyl sites for hydroxylation is 1. The molecular weight excluding hydrogens is 222 g/mol. The predicted molar refractivity (Wildman–Crippen MR) is 75.6 cm³/mol. The molecule has 1 N–H and O–H groups in total. The molecule has 1 aromatic rings. The molecule has 0 saturated carbocycles. The Morgan fingerprint density at radius 2 is 2.22 bits per heavy atom. The SMILES string of the molecule is CCN1CCCC(NCc2cccc(C)n2)CC1. The highest BCUT2D eigenvalue weighted by Crippen LogP contribution is 2.11. The Morgan fingerprint density at radius 1 is 1.33 bits per heavy atom. The quantitative estimate of drug-likeness (QED) is 0.885. The summed E-state index contributed by atoms with van der Waals surface area (Å²) in [6.07, 6.45) is 3.87. The number of nitrogens with one attached hydrogen (secondary N) is 1. The average molecular weight is 247 g/mol. The van der Waals surface area contributed by atoms with Crippen LogP contribution in [0.25, 0.3) is 0 Å². The first-order chi connectivity index (χ1) is 8.78. The van der Waals surface area contributed by atoms with E-state index in [9.17, 15) is 0 Å². The van der Waals surface area contributed by atoms with Gasteiger partial charge in [-0.05, 0) is 58.0 Å². The number of pyridine rings is 1. The minimum atomic E-state index is 0.656. The molecule has 0 spiro atoms. The van der Waals surface area contributed by atoms with E-state index in [0.717, 1.165) is 17.9 Å². The maximum absolute atomic E-state index is 4.54. The van der Waals surface area contributed by atoms with E-state index in [1.54, 1.807) is 0 Å². The highest BCUT2D eigenvalue weighted by Gasteiger charge is 2.15. The molecule has 1 aliphatic rings. The Hall–Kier alpha value is -0.930. The third-order valence-electron chi connectivity index (χ3n) is 3.79. The van der Waals surface area contributed by atoms with Gasteiger partial charge in [0, 0.05) is 18.3 Å². The van der Waals surface area contributed by atoms with Gasteiger partial charge in [-0.2, -0.15) is 0 Å². The number of nitrogens with zero attached hydrogens (tertiary/aromatic N) is 2. The predicted octanol–water partition coefficient (Wildman–Crippen LogP) is 2.35. The Balaban J connectivity index is 1.79. The molecular formula is C15H25N3. The molecule has 2 heterocycles. The van der Waals surface area contributed by atoms with Crippen molar-refractivity contribution in [1.82, 2.24) is 15.2 Å². The first kappa shape index (κ1) is 13.5. The van der Waals surface area contributed by atoms with Crippen molar-refractivity contribution in [2.75, 3.05) is 19.6 Å². The molecule has 0 radical (unpaired) electrons. The number of aromatic nitrogens is 1. The molecule has 1 aromatic heterocycles. The van der Waals surface area contributed by atoms with E-state index in [0.29, 0.717) is 6.04 Å². The van der Waals surface area contributed by atoms with Gasteiger partial charge in [0.15, 0.2) is 0 Å². The van der Waals surface area contributed by atoms with E-state index in [4.69, 9.17) is 0 Å². The second-order valence-corrected chi connectivity index (χ2v) is 5.21. The minimum absolute atomic E-state index is 0.656. The number of likely N-dealkylation sites (tertiary alicyclic amines) is 1. The highest BCUT2D eigenvalue weighted by atomic mass is 15.1. The van der Waals surface area contributed by atoms with Gasteiger partial charge in [-0.15, -0.1) is 0 Å². The molecule has 2 rings (SSSR count). The Labute approximate surface area is 111 Å². The van der Waals surface area contributed by atoms with Crippen molar-refractivity contribution in [1.29, 1.82) is 0 Å². The van der Waals surface area contributed by atoms with Crippen LogP contribution >= 0.6 is 0 Å². The maximum atomic E-state index is 4.54. The summed E-state index contributed by atoms with van der Waals surface area (Å²) < 4.78 is 0. The standard InChI is InChI=1S/C15H25N3/c1-3-18-10-5-8-14(9-11-18)16-12-15-7-4-6-13(2)17-15/h4,6-7,14,16H,3,5,8-12H2,1-2H3. The van der Waals surface area contributed by atoms with Crippen LogP contribution in [-0.2, 0) is 6.54 Å². The Morgan fingerprint density at radius 3 is 3.00 bits per heavy atom. The fraction of sp³-hybridized carbons (Fsp3) is 0.667. The number of hydrogen-bond donors (Lipinski definition) is 1. The zero-order valence-corrected chi connectivity index (χ0v) is 11.7. The summed E-state index contributed by atoms with van der Waals surface area (Å²) >= 11 is 0. The molecule has 1 unspecified atom stereocenters. The van der Waals surface area contributed by atoms with Crippen LogP contribution in [0.2, 0.25) is 0 Å². The van der Waals surface area contributed by atoms with Crippen molar-refractivity contribution in [2.24, 2.45) is 0 Å². The van der Waals surface area contributed by atoms with E-state index in [1.807, 2.05) is 13.0 Å². The molecule has 100 valence electrons. The van der Waals surface area contributed by atoms with Crippen LogP contribution in [0.1, 0.15) is 37.6 Å². The summed E-state index contributed by atoms with van der Waals surface area (Å²) in [5.41, 5.74) is 2.26. The summed E-state index contributed by atoms with van der Waals surface area (Å²) in [6.45, 7) is 8.89. The normalized spacial score (nSPS) is 21.8. The summed E-state index contributed by atoms with van der Waals surface area (Å²) in [5.74, 6) is 0. The first-order valence-corrected chi connectivity index (χ1v) is 7.16. The molecule has 3 nitrogen and oxygen atoms in total. The average Bonchev–Trinajstić information content (AvgIpc) is 2.61. The van der Waals surface area contributed by atoms with Gasteiger partial charge in [0.05, 0.1) is 5.69 Å². The van der Waals surface area contributed by atoms with Gasteiger partial charge in [-0.1, -0.05) is 13.0 Å². The lowest BCUT2D eigenvalue weighted by Gasteiger charge is -2.18.